The van der Waals surface area contributed by atoms with Gasteiger partial charge in [0.1, 0.15) is 11.6 Å². The Morgan fingerprint density at radius 2 is 1.54 bits per heavy atom. The molecule has 0 amide bonds. The van der Waals surface area contributed by atoms with E-state index in [9.17, 15) is 0 Å². The second-order valence-corrected chi connectivity index (χ2v) is 10.8. The topological polar surface area (TPSA) is 72.6 Å². The molecule has 6 nitrogen and oxygen atoms in total. The molecule has 0 fully saturated rings. The summed E-state index contributed by atoms with van der Waals surface area (Å²) < 4.78 is 0. The van der Waals surface area contributed by atoms with Gasteiger partial charge in [-0.15, -0.1) is 0 Å². The van der Waals surface area contributed by atoms with Crippen molar-refractivity contribution in [2.45, 2.75) is 52.6 Å². The molecule has 200 valence electrons. The van der Waals surface area contributed by atoms with Gasteiger partial charge in [0.2, 0.25) is 0 Å². The first-order valence-electron chi connectivity index (χ1n) is 14.3. The average molecular weight is 519 g/mol. The average Bonchev–Trinajstić information content (AvgIpc) is 3.59. The minimum absolute atomic E-state index is 0.777. The van der Waals surface area contributed by atoms with Gasteiger partial charge in [0.15, 0.2) is 0 Å². The van der Waals surface area contributed by atoms with Gasteiger partial charge in [0.05, 0.1) is 36.0 Å². The van der Waals surface area contributed by atoms with Crippen LogP contribution in [0.2, 0.25) is 0 Å². The van der Waals surface area contributed by atoms with Crippen molar-refractivity contribution in [3.05, 3.63) is 83.6 Å². The van der Waals surface area contributed by atoms with Gasteiger partial charge in [-0.2, -0.15) is 0 Å². The van der Waals surface area contributed by atoms with Crippen molar-refractivity contribution >= 4 is 11.0 Å². The number of aromatic amines is 2. The molecule has 3 N–H and O–H groups in total. The normalized spacial score (nSPS) is 12.7. The van der Waals surface area contributed by atoms with Crippen LogP contribution in [0.25, 0.3) is 44.5 Å². The highest BCUT2D eigenvalue weighted by Crippen LogP contribution is 2.38. The maximum absolute atomic E-state index is 4.81. The molecular weight excluding hydrogens is 480 g/mol. The number of imidazole rings is 2. The Morgan fingerprint density at radius 1 is 0.821 bits per heavy atom. The summed E-state index contributed by atoms with van der Waals surface area (Å²) in [7, 11) is 2.15. The molecule has 3 aromatic carbocycles. The minimum atomic E-state index is 0.777. The maximum Gasteiger partial charge on any atom is 0.121 e. The van der Waals surface area contributed by atoms with Crippen LogP contribution in [0, 0.1) is 0 Å². The first kappa shape index (κ1) is 25.5. The van der Waals surface area contributed by atoms with E-state index in [-0.39, 0.29) is 0 Å². The van der Waals surface area contributed by atoms with E-state index in [4.69, 9.17) is 4.98 Å². The van der Waals surface area contributed by atoms with E-state index < -0.39 is 0 Å². The van der Waals surface area contributed by atoms with Crippen molar-refractivity contribution in [2.75, 3.05) is 20.1 Å². The molecule has 1 aliphatic carbocycles. The van der Waals surface area contributed by atoms with E-state index in [1.807, 2.05) is 6.20 Å². The Morgan fingerprint density at radius 3 is 2.31 bits per heavy atom. The van der Waals surface area contributed by atoms with E-state index in [0.29, 0.717) is 0 Å². The molecule has 2 heterocycles. The van der Waals surface area contributed by atoms with Crippen LogP contribution >= 0.6 is 0 Å². The third-order valence-electron chi connectivity index (χ3n) is 7.71. The lowest BCUT2D eigenvalue weighted by Crippen LogP contribution is -2.19. The van der Waals surface area contributed by atoms with Crippen molar-refractivity contribution in [1.82, 2.24) is 30.2 Å². The van der Waals surface area contributed by atoms with Crippen molar-refractivity contribution in [3.63, 3.8) is 0 Å². The van der Waals surface area contributed by atoms with Gasteiger partial charge < -0.3 is 15.3 Å². The first-order chi connectivity index (χ1) is 19.1. The number of benzene rings is 3. The van der Waals surface area contributed by atoms with Crippen molar-refractivity contribution in [1.29, 1.82) is 0 Å². The highest BCUT2D eigenvalue weighted by Gasteiger charge is 2.18. The number of nitrogens with zero attached hydrogens (tertiary/aromatic N) is 3. The van der Waals surface area contributed by atoms with Crippen molar-refractivity contribution in [2.24, 2.45) is 0 Å². The molecule has 6 rings (SSSR count). The molecule has 2 aromatic heterocycles. The summed E-state index contributed by atoms with van der Waals surface area (Å²) in [5.74, 6) is 2.02. The summed E-state index contributed by atoms with van der Waals surface area (Å²) in [5.41, 5.74) is 12.4. The number of hydrogen-bond acceptors (Lipinski definition) is 4. The molecular formula is C33H38N6. The SMILES string of the molecule is CCCNCc1ncc(-c2ccc3c(c2)CCc2cc(-c4ccc5nc(CN(C)CCC)[nH]c5c4)ccc2-3)[nH]1. The third-order valence-corrected chi connectivity index (χ3v) is 7.71. The number of nitrogens with one attached hydrogen (secondary N) is 3. The molecule has 6 heteroatoms. The van der Waals surface area contributed by atoms with E-state index in [2.05, 4.69) is 101 Å². The molecule has 0 aliphatic heterocycles. The van der Waals surface area contributed by atoms with Crippen molar-refractivity contribution < 1.29 is 0 Å². The molecule has 0 radical (unpaired) electrons. The first-order valence-corrected chi connectivity index (χ1v) is 14.3. The van der Waals surface area contributed by atoms with Crippen LogP contribution in [-0.4, -0.2) is 45.0 Å². The smallest absolute Gasteiger partial charge is 0.121 e. The van der Waals surface area contributed by atoms with Gasteiger partial charge in [-0.05, 0) is 103 Å². The van der Waals surface area contributed by atoms with Gasteiger partial charge in [-0.1, -0.05) is 50.2 Å². The Bertz CT molecular complexity index is 1590. The predicted molar refractivity (Wildman–Crippen MR) is 161 cm³/mol. The second kappa shape index (κ2) is 11.2. The number of H-pyrrole nitrogens is 2. The quantitative estimate of drug-likeness (QED) is 0.179. The molecule has 39 heavy (non-hydrogen) atoms. The highest BCUT2D eigenvalue weighted by atomic mass is 15.1. The summed E-state index contributed by atoms with van der Waals surface area (Å²) in [6, 6.07) is 20.4. The third kappa shape index (κ3) is 5.40. The molecule has 0 spiro atoms. The van der Waals surface area contributed by atoms with Crippen molar-refractivity contribution in [3.8, 4) is 33.5 Å². The lowest BCUT2D eigenvalue weighted by Gasteiger charge is -2.21. The number of fused-ring (bicyclic) bond motifs is 4. The maximum atomic E-state index is 4.81. The van der Waals surface area contributed by atoms with E-state index in [0.717, 1.165) is 80.2 Å². The van der Waals surface area contributed by atoms with Crippen LogP contribution in [-0.2, 0) is 25.9 Å². The fourth-order valence-electron chi connectivity index (χ4n) is 5.76. The highest BCUT2D eigenvalue weighted by molar-refractivity contribution is 5.84. The largest absolute Gasteiger partial charge is 0.341 e. The Hall–Kier alpha value is -3.74. The minimum Gasteiger partial charge on any atom is -0.341 e. The molecule has 1 aliphatic rings. The second-order valence-electron chi connectivity index (χ2n) is 10.8. The van der Waals surface area contributed by atoms with Crippen LogP contribution in [0.5, 0.6) is 0 Å². The summed E-state index contributed by atoms with van der Waals surface area (Å²) in [4.78, 5) is 18.7. The van der Waals surface area contributed by atoms with E-state index in [1.54, 1.807) is 0 Å². The van der Waals surface area contributed by atoms with E-state index >= 15 is 0 Å². The fourth-order valence-corrected chi connectivity index (χ4v) is 5.76. The van der Waals surface area contributed by atoms with Gasteiger partial charge in [-0.25, -0.2) is 9.97 Å². The Balaban J connectivity index is 1.22. The zero-order valence-electron chi connectivity index (χ0n) is 23.3. The zero-order valence-corrected chi connectivity index (χ0v) is 23.3. The summed E-state index contributed by atoms with van der Waals surface area (Å²) >= 11 is 0. The summed E-state index contributed by atoms with van der Waals surface area (Å²) in [6.45, 7) is 8.08. The molecule has 5 aromatic rings. The zero-order chi connectivity index (χ0) is 26.8. The number of aromatic nitrogens is 4. The van der Waals surface area contributed by atoms with Crippen LogP contribution < -0.4 is 5.32 Å². The Kier molecular flexibility index (Phi) is 7.31. The Labute approximate surface area is 230 Å². The fraction of sp³-hybridized carbons (Fsp3) is 0.333. The predicted octanol–water partition coefficient (Wildman–Crippen LogP) is 6.73. The van der Waals surface area contributed by atoms with Crippen LogP contribution in [0.1, 0.15) is 49.5 Å². The molecule has 0 bridgehead atoms. The molecule has 0 unspecified atom stereocenters. The lowest BCUT2D eigenvalue weighted by atomic mass is 9.83. The van der Waals surface area contributed by atoms with Gasteiger partial charge >= 0.3 is 0 Å². The number of aryl methyl sites for hydroxylation is 2. The number of rotatable bonds is 10. The molecule has 0 saturated heterocycles. The summed E-state index contributed by atoms with van der Waals surface area (Å²) in [5, 5.41) is 3.41. The van der Waals surface area contributed by atoms with Gasteiger partial charge in [0.25, 0.3) is 0 Å². The monoisotopic (exact) mass is 518 g/mol. The van der Waals surface area contributed by atoms with Crippen LogP contribution in [0.4, 0.5) is 0 Å². The standard InChI is InChI=1S/C33H38N6/c1-4-14-34-20-32-35-19-31(38-32)26-9-12-28-25(17-26)7-6-24-16-22(8-11-27(24)28)23-10-13-29-30(18-23)37-33(36-29)21-39(3)15-5-2/h8-13,16-19,34H,4-7,14-15,20-21H2,1-3H3,(H,35,38)(H,36,37). The van der Waals surface area contributed by atoms with Crippen LogP contribution in [0.15, 0.2) is 60.8 Å². The van der Waals surface area contributed by atoms with Gasteiger partial charge in [-0.3, -0.25) is 4.90 Å². The lowest BCUT2D eigenvalue weighted by molar-refractivity contribution is 0.320. The van der Waals surface area contributed by atoms with Gasteiger partial charge in [0, 0.05) is 0 Å². The van der Waals surface area contributed by atoms with E-state index in [1.165, 1.54) is 38.9 Å². The van der Waals surface area contributed by atoms with Crippen LogP contribution in [0.3, 0.4) is 0 Å². The molecule has 0 saturated carbocycles. The number of hydrogen-bond donors (Lipinski definition) is 3. The summed E-state index contributed by atoms with van der Waals surface area (Å²) in [6.07, 6.45) is 6.32. The molecule has 0 atom stereocenters.